The van der Waals surface area contributed by atoms with Crippen molar-refractivity contribution in [2.24, 2.45) is 0 Å². The molecule has 0 unspecified atom stereocenters. The minimum Gasteiger partial charge on any atom is -0.490 e. The second kappa shape index (κ2) is 14.6. The van der Waals surface area contributed by atoms with E-state index < -0.39 is 5.97 Å². The number of rotatable bonds is 14. The molecule has 2 aromatic rings. The standard InChI is InChI=1S/C26H24N2O6/c1-3-21-4-8-24(9-5-21)30-12-13-31-25-10-6-22(7-11-25)16-23(18-28)26(29)32-14-15-33-34-19-20(2)17-27/h3-11,16H,1-2,12-15,19H2. The first kappa shape index (κ1) is 25.9. The van der Waals surface area contributed by atoms with Crippen molar-refractivity contribution in [3.63, 3.8) is 0 Å². The molecule has 8 nitrogen and oxygen atoms in total. The Hall–Kier alpha value is -4.37. The number of hydrogen-bond acceptors (Lipinski definition) is 8. The number of ether oxygens (including phenoxy) is 3. The molecule has 0 atom stereocenters. The molecule has 0 aliphatic heterocycles. The zero-order valence-electron chi connectivity index (χ0n) is 18.6. The average molecular weight is 460 g/mol. The highest BCUT2D eigenvalue weighted by Crippen LogP contribution is 2.16. The average Bonchev–Trinajstić information content (AvgIpc) is 2.87. The molecule has 0 saturated heterocycles. The zero-order valence-corrected chi connectivity index (χ0v) is 18.6. The molecule has 0 aliphatic rings. The van der Waals surface area contributed by atoms with Crippen LogP contribution in [0.3, 0.4) is 0 Å². The van der Waals surface area contributed by atoms with Crippen molar-refractivity contribution in [3.8, 4) is 23.6 Å². The van der Waals surface area contributed by atoms with Crippen molar-refractivity contribution in [3.05, 3.63) is 84.0 Å². The topological polar surface area (TPSA) is 111 Å². The Morgan fingerprint density at radius 1 is 0.824 bits per heavy atom. The molecule has 2 rings (SSSR count). The summed E-state index contributed by atoms with van der Waals surface area (Å²) >= 11 is 0. The van der Waals surface area contributed by atoms with Gasteiger partial charge in [0, 0.05) is 0 Å². The molecule has 0 fully saturated rings. The van der Waals surface area contributed by atoms with Crippen LogP contribution in [0.4, 0.5) is 0 Å². The summed E-state index contributed by atoms with van der Waals surface area (Å²) in [5, 5.41) is 17.8. The molecule has 0 amide bonds. The van der Waals surface area contributed by atoms with Crippen LogP contribution in [0.2, 0.25) is 0 Å². The van der Waals surface area contributed by atoms with Crippen LogP contribution < -0.4 is 9.47 Å². The van der Waals surface area contributed by atoms with Crippen LogP contribution in [0.5, 0.6) is 11.5 Å². The van der Waals surface area contributed by atoms with Gasteiger partial charge in [0.25, 0.3) is 0 Å². The molecule has 0 spiro atoms. The molecule has 0 N–H and O–H groups in total. The SMILES string of the molecule is C=Cc1ccc(OCCOc2ccc(C=C(C#N)C(=O)OCCOOCC(=C)C#N)cc2)cc1. The van der Waals surface area contributed by atoms with Crippen molar-refractivity contribution in [2.45, 2.75) is 0 Å². The Morgan fingerprint density at radius 2 is 1.41 bits per heavy atom. The smallest absolute Gasteiger partial charge is 0.348 e. The molecular formula is C26H24N2O6. The van der Waals surface area contributed by atoms with Crippen LogP contribution in [0, 0.1) is 22.7 Å². The number of benzene rings is 2. The number of nitriles is 2. The Kier molecular flexibility index (Phi) is 11.2. The Balaban J connectivity index is 1.73. The van der Waals surface area contributed by atoms with Crippen LogP contribution in [0.15, 0.2) is 72.8 Å². The maximum Gasteiger partial charge on any atom is 0.348 e. The monoisotopic (exact) mass is 460 g/mol. The van der Waals surface area contributed by atoms with E-state index in [4.69, 9.17) is 29.2 Å². The number of hydrogen-bond donors (Lipinski definition) is 0. The van der Waals surface area contributed by atoms with Gasteiger partial charge >= 0.3 is 5.97 Å². The van der Waals surface area contributed by atoms with Gasteiger partial charge in [-0.2, -0.15) is 10.5 Å². The summed E-state index contributed by atoms with van der Waals surface area (Å²) in [6.07, 6.45) is 3.18. The van der Waals surface area contributed by atoms with Gasteiger partial charge in [0.2, 0.25) is 0 Å². The number of nitrogens with zero attached hydrogens (tertiary/aromatic N) is 2. The number of carbonyl (C=O) groups excluding carboxylic acids is 1. The molecule has 8 heteroatoms. The van der Waals surface area contributed by atoms with Gasteiger partial charge in [-0.25, -0.2) is 14.6 Å². The minimum absolute atomic E-state index is 0.0565. The summed E-state index contributed by atoms with van der Waals surface area (Å²) in [6, 6.07) is 18.1. The van der Waals surface area contributed by atoms with Gasteiger partial charge in [-0.1, -0.05) is 43.5 Å². The summed E-state index contributed by atoms with van der Waals surface area (Å²) in [7, 11) is 0. The third kappa shape index (κ3) is 9.41. The first-order valence-corrected chi connectivity index (χ1v) is 10.2. The van der Waals surface area contributed by atoms with Crippen LogP contribution in [0.1, 0.15) is 11.1 Å². The second-order valence-electron chi connectivity index (χ2n) is 6.64. The highest BCUT2D eigenvalue weighted by molar-refractivity contribution is 5.97. The molecule has 0 bridgehead atoms. The van der Waals surface area contributed by atoms with Gasteiger partial charge < -0.3 is 14.2 Å². The van der Waals surface area contributed by atoms with Crippen LogP contribution >= 0.6 is 0 Å². The van der Waals surface area contributed by atoms with E-state index in [9.17, 15) is 10.1 Å². The Bertz CT molecular complexity index is 1080. The molecule has 0 saturated carbocycles. The van der Waals surface area contributed by atoms with E-state index in [1.807, 2.05) is 30.3 Å². The molecule has 0 aliphatic carbocycles. The van der Waals surface area contributed by atoms with Crippen LogP contribution in [0.25, 0.3) is 12.2 Å². The normalized spacial score (nSPS) is 10.5. The van der Waals surface area contributed by atoms with E-state index >= 15 is 0 Å². The summed E-state index contributed by atoms with van der Waals surface area (Å²) in [5.74, 6) is 0.584. The van der Waals surface area contributed by atoms with Crippen molar-refractivity contribution >= 4 is 18.1 Å². The predicted molar refractivity (Wildman–Crippen MR) is 125 cm³/mol. The van der Waals surface area contributed by atoms with Crippen molar-refractivity contribution < 1.29 is 28.8 Å². The fourth-order valence-corrected chi connectivity index (χ4v) is 2.43. The van der Waals surface area contributed by atoms with Crippen molar-refractivity contribution in [2.75, 3.05) is 33.0 Å². The molecule has 0 radical (unpaired) electrons. The van der Waals surface area contributed by atoms with E-state index in [1.54, 1.807) is 36.4 Å². The van der Waals surface area contributed by atoms with Gasteiger partial charge in [-0.05, 0) is 41.5 Å². The molecule has 2 aromatic carbocycles. The lowest BCUT2D eigenvalue weighted by Gasteiger charge is -2.09. The summed E-state index contributed by atoms with van der Waals surface area (Å²) in [4.78, 5) is 21.5. The maximum atomic E-state index is 12.1. The van der Waals surface area contributed by atoms with E-state index in [2.05, 4.69) is 13.2 Å². The number of carbonyl (C=O) groups is 1. The van der Waals surface area contributed by atoms with E-state index in [1.165, 1.54) is 6.08 Å². The van der Waals surface area contributed by atoms with Gasteiger partial charge in [-0.3, -0.25) is 0 Å². The van der Waals surface area contributed by atoms with Gasteiger partial charge in [0.05, 0.1) is 11.6 Å². The third-order valence-corrected chi connectivity index (χ3v) is 4.14. The highest BCUT2D eigenvalue weighted by atomic mass is 17.2. The van der Waals surface area contributed by atoms with Crippen molar-refractivity contribution in [1.82, 2.24) is 0 Å². The fourth-order valence-electron chi connectivity index (χ4n) is 2.43. The highest BCUT2D eigenvalue weighted by Gasteiger charge is 2.11. The molecule has 0 aromatic heterocycles. The number of esters is 1. The summed E-state index contributed by atoms with van der Waals surface area (Å²) in [6.45, 7) is 7.60. The van der Waals surface area contributed by atoms with Gasteiger partial charge in [0.15, 0.2) is 0 Å². The van der Waals surface area contributed by atoms with Gasteiger partial charge in [-0.15, -0.1) is 0 Å². The van der Waals surface area contributed by atoms with Crippen molar-refractivity contribution in [1.29, 1.82) is 10.5 Å². The first-order chi connectivity index (χ1) is 16.5. The second-order valence-corrected chi connectivity index (χ2v) is 6.64. The molecular weight excluding hydrogens is 436 g/mol. The lowest BCUT2D eigenvalue weighted by Crippen LogP contribution is -2.12. The Labute approximate surface area is 198 Å². The van der Waals surface area contributed by atoms with E-state index in [-0.39, 0.29) is 31.0 Å². The zero-order chi connectivity index (χ0) is 24.6. The third-order valence-electron chi connectivity index (χ3n) is 4.14. The van der Waals surface area contributed by atoms with E-state index in [0.717, 1.165) is 11.3 Å². The van der Waals surface area contributed by atoms with Crippen LogP contribution in [-0.2, 0) is 19.3 Å². The first-order valence-electron chi connectivity index (χ1n) is 10.2. The fraction of sp³-hybridized carbons (Fsp3) is 0.192. The minimum atomic E-state index is -0.786. The molecule has 34 heavy (non-hydrogen) atoms. The maximum absolute atomic E-state index is 12.1. The lowest BCUT2D eigenvalue weighted by atomic mass is 10.1. The summed E-state index contributed by atoms with van der Waals surface area (Å²) in [5.41, 5.74) is 1.69. The predicted octanol–water partition coefficient (Wildman–Crippen LogP) is 4.27. The lowest BCUT2D eigenvalue weighted by molar-refractivity contribution is -0.291. The largest absolute Gasteiger partial charge is 0.490 e. The summed E-state index contributed by atoms with van der Waals surface area (Å²) < 4.78 is 16.2. The van der Waals surface area contributed by atoms with E-state index in [0.29, 0.717) is 24.5 Å². The molecule has 0 heterocycles. The Morgan fingerprint density at radius 3 is 1.94 bits per heavy atom. The van der Waals surface area contributed by atoms with Gasteiger partial charge in [0.1, 0.15) is 56.2 Å². The molecule has 174 valence electrons. The van der Waals surface area contributed by atoms with Crippen LogP contribution in [-0.4, -0.2) is 39.0 Å². The quantitative estimate of drug-likeness (QED) is 0.103.